The minimum Gasteiger partial charge on any atom is -0.355 e. The lowest BCUT2D eigenvalue weighted by Crippen LogP contribution is -2.45. The molecule has 0 aromatic carbocycles. The summed E-state index contributed by atoms with van der Waals surface area (Å²) >= 11 is 0. The molecule has 0 aliphatic heterocycles. The van der Waals surface area contributed by atoms with Crippen LogP contribution in [0.3, 0.4) is 0 Å². The van der Waals surface area contributed by atoms with Gasteiger partial charge in [0.25, 0.3) is 0 Å². The summed E-state index contributed by atoms with van der Waals surface area (Å²) in [4.78, 5) is 49.5. The molecular formula is C20H40N6O4. The molecule has 0 spiro atoms. The zero-order valence-electron chi connectivity index (χ0n) is 19.2. The quantitative estimate of drug-likeness (QED) is 0.244. The van der Waals surface area contributed by atoms with Crippen LogP contribution >= 0.6 is 0 Å². The Labute approximate surface area is 180 Å². The second-order valence-corrected chi connectivity index (χ2v) is 7.58. The third-order valence-corrected chi connectivity index (χ3v) is 4.39. The Morgan fingerprint density at radius 1 is 0.567 bits per heavy atom. The van der Waals surface area contributed by atoms with E-state index in [9.17, 15) is 19.2 Å². The van der Waals surface area contributed by atoms with Crippen molar-refractivity contribution in [3.8, 4) is 0 Å². The fourth-order valence-electron chi connectivity index (χ4n) is 2.67. The fourth-order valence-corrected chi connectivity index (χ4v) is 2.67. The van der Waals surface area contributed by atoms with Gasteiger partial charge in [-0.1, -0.05) is 13.8 Å². The summed E-state index contributed by atoms with van der Waals surface area (Å²) in [6.07, 6.45) is 0. The molecule has 10 nitrogen and oxygen atoms in total. The summed E-state index contributed by atoms with van der Waals surface area (Å²) in [5.41, 5.74) is 0. The second kappa shape index (κ2) is 16.6. The summed E-state index contributed by atoms with van der Waals surface area (Å²) in [6, 6.07) is 0. The molecule has 0 radical (unpaired) electrons. The number of nitrogens with zero attached hydrogens (tertiary/aromatic N) is 2. The van der Waals surface area contributed by atoms with Crippen molar-refractivity contribution in [3.05, 3.63) is 0 Å². The smallest absolute Gasteiger partial charge is 0.222 e. The molecule has 0 bridgehead atoms. The lowest BCUT2D eigenvalue weighted by molar-refractivity contribution is -0.124. The van der Waals surface area contributed by atoms with Crippen LogP contribution in [0.5, 0.6) is 0 Å². The number of nitrogens with one attached hydrogen (secondary N) is 4. The van der Waals surface area contributed by atoms with Crippen molar-refractivity contribution < 1.29 is 19.2 Å². The normalized spacial score (nSPS) is 10.9. The first-order chi connectivity index (χ1) is 14.1. The third-order valence-electron chi connectivity index (χ3n) is 4.39. The number of amides is 4. The van der Waals surface area contributed by atoms with Crippen LogP contribution in [0, 0.1) is 5.92 Å². The monoisotopic (exact) mass is 428 g/mol. The molecule has 0 fully saturated rings. The summed E-state index contributed by atoms with van der Waals surface area (Å²) in [7, 11) is 0. The average Bonchev–Trinajstić information content (AvgIpc) is 2.63. The lowest BCUT2D eigenvalue weighted by Gasteiger charge is -2.28. The Kier molecular flexibility index (Phi) is 15.4. The molecule has 0 heterocycles. The Hall–Kier alpha value is -2.20. The first kappa shape index (κ1) is 27.8. The van der Waals surface area contributed by atoms with Crippen molar-refractivity contribution in [1.82, 2.24) is 31.1 Å². The number of carbonyl (C=O) groups excluding carboxylic acids is 4. The summed E-state index contributed by atoms with van der Waals surface area (Å²) in [6.45, 7) is 14.4. The van der Waals surface area contributed by atoms with E-state index >= 15 is 0 Å². The molecule has 0 aromatic rings. The minimum atomic E-state index is -0.0744. The Balaban J connectivity index is 4.67. The van der Waals surface area contributed by atoms with Crippen molar-refractivity contribution in [2.24, 2.45) is 5.92 Å². The predicted octanol–water partition coefficient (Wildman–Crippen LogP) is -1.23. The number of hydrogen-bond acceptors (Lipinski definition) is 6. The molecule has 0 rings (SSSR count). The van der Waals surface area contributed by atoms with Gasteiger partial charge in [-0.3, -0.25) is 29.0 Å². The van der Waals surface area contributed by atoms with Gasteiger partial charge in [0.05, 0.1) is 0 Å². The Bertz CT molecular complexity index is 521. The standard InChI is InChI=1S/C20H40N6O4/c1-16(2)20(30)24-9-13-26(12-8-23-19(5)29)15-14-25(10-6-21-17(3)27)11-7-22-18(4)28/h16H,6-15H2,1-5H3,(H,21,27)(H,22,28)(H,23,29)(H,24,30). The van der Waals surface area contributed by atoms with Gasteiger partial charge in [-0.15, -0.1) is 0 Å². The maximum absolute atomic E-state index is 11.8. The second-order valence-electron chi connectivity index (χ2n) is 7.58. The first-order valence-corrected chi connectivity index (χ1v) is 10.6. The van der Waals surface area contributed by atoms with E-state index in [1.165, 1.54) is 20.8 Å². The summed E-state index contributed by atoms with van der Waals surface area (Å²) in [5.74, 6) is -0.264. The molecule has 10 heteroatoms. The highest BCUT2D eigenvalue weighted by atomic mass is 16.2. The van der Waals surface area contributed by atoms with Crippen molar-refractivity contribution in [1.29, 1.82) is 0 Å². The van der Waals surface area contributed by atoms with Gasteiger partial charge in [-0.05, 0) is 0 Å². The molecule has 0 atom stereocenters. The van der Waals surface area contributed by atoms with E-state index < -0.39 is 0 Å². The number of rotatable bonds is 16. The highest BCUT2D eigenvalue weighted by molar-refractivity contribution is 5.77. The zero-order chi connectivity index (χ0) is 22.9. The van der Waals surface area contributed by atoms with Gasteiger partial charge in [0.15, 0.2) is 0 Å². The molecule has 0 aliphatic rings. The summed E-state index contributed by atoms with van der Waals surface area (Å²) < 4.78 is 0. The molecule has 4 amide bonds. The van der Waals surface area contributed by atoms with Gasteiger partial charge in [0.2, 0.25) is 23.6 Å². The van der Waals surface area contributed by atoms with Crippen LogP contribution in [0.1, 0.15) is 34.6 Å². The number of carbonyl (C=O) groups is 4. The van der Waals surface area contributed by atoms with Crippen LogP contribution in [0.2, 0.25) is 0 Å². The number of hydrogen-bond donors (Lipinski definition) is 4. The van der Waals surface area contributed by atoms with E-state index in [2.05, 4.69) is 31.1 Å². The van der Waals surface area contributed by atoms with Gasteiger partial charge in [0, 0.05) is 92.1 Å². The highest BCUT2D eigenvalue weighted by Gasteiger charge is 2.12. The fraction of sp³-hybridized carbons (Fsp3) is 0.800. The first-order valence-electron chi connectivity index (χ1n) is 10.6. The molecule has 174 valence electrons. The maximum atomic E-state index is 11.8. The maximum Gasteiger partial charge on any atom is 0.222 e. The van der Waals surface area contributed by atoms with E-state index in [-0.39, 0.29) is 29.5 Å². The SMILES string of the molecule is CC(=O)NCCN(CCNC(C)=O)CCN(CCNC(C)=O)CCNC(=O)C(C)C. The van der Waals surface area contributed by atoms with Crippen molar-refractivity contribution >= 4 is 23.6 Å². The Morgan fingerprint density at radius 2 is 0.867 bits per heavy atom. The van der Waals surface area contributed by atoms with E-state index in [0.717, 1.165) is 13.1 Å². The topological polar surface area (TPSA) is 123 Å². The molecule has 0 saturated heterocycles. The average molecular weight is 429 g/mol. The molecule has 0 unspecified atom stereocenters. The van der Waals surface area contributed by atoms with E-state index in [1.54, 1.807) is 0 Å². The Morgan fingerprint density at radius 3 is 1.13 bits per heavy atom. The van der Waals surface area contributed by atoms with Crippen LogP contribution < -0.4 is 21.3 Å². The molecule has 0 aliphatic carbocycles. The van der Waals surface area contributed by atoms with Crippen LogP contribution in [0.15, 0.2) is 0 Å². The van der Waals surface area contributed by atoms with Gasteiger partial charge in [-0.2, -0.15) is 0 Å². The van der Waals surface area contributed by atoms with Crippen LogP contribution in [0.25, 0.3) is 0 Å². The van der Waals surface area contributed by atoms with Crippen LogP contribution in [-0.4, -0.2) is 98.9 Å². The van der Waals surface area contributed by atoms with Crippen molar-refractivity contribution in [3.63, 3.8) is 0 Å². The van der Waals surface area contributed by atoms with Gasteiger partial charge < -0.3 is 21.3 Å². The summed E-state index contributed by atoms with van der Waals surface area (Å²) in [5, 5.41) is 11.3. The molecule has 0 aromatic heterocycles. The van der Waals surface area contributed by atoms with Gasteiger partial charge in [0.1, 0.15) is 0 Å². The largest absolute Gasteiger partial charge is 0.355 e. The van der Waals surface area contributed by atoms with Crippen LogP contribution in [0.4, 0.5) is 0 Å². The zero-order valence-corrected chi connectivity index (χ0v) is 19.2. The van der Waals surface area contributed by atoms with E-state index in [1.807, 2.05) is 13.8 Å². The molecule has 30 heavy (non-hydrogen) atoms. The third kappa shape index (κ3) is 16.7. The molecule has 4 N–H and O–H groups in total. The predicted molar refractivity (Wildman–Crippen MR) is 117 cm³/mol. The van der Waals surface area contributed by atoms with E-state index in [0.29, 0.717) is 52.4 Å². The van der Waals surface area contributed by atoms with Crippen LogP contribution in [-0.2, 0) is 19.2 Å². The van der Waals surface area contributed by atoms with Gasteiger partial charge in [-0.25, -0.2) is 0 Å². The van der Waals surface area contributed by atoms with Crippen molar-refractivity contribution in [2.45, 2.75) is 34.6 Å². The lowest BCUT2D eigenvalue weighted by atomic mass is 10.2. The molecule has 0 saturated carbocycles. The van der Waals surface area contributed by atoms with Gasteiger partial charge >= 0.3 is 0 Å². The van der Waals surface area contributed by atoms with E-state index in [4.69, 9.17) is 0 Å². The minimum absolute atomic E-state index is 0.0176. The molecular weight excluding hydrogens is 388 g/mol. The highest BCUT2D eigenvalue weighted by Crippen LogP contribution is 1.94. The van der Waals surface area contributed by atoms with Crippen molar-refractivity contribution in [2.75, 3.05) is 65.4 Å².